The molecule has 3 N–H and O–H groups in total. The Balaban J connectivity index is 2.06. The fourth-order valence-electron chi connectivity index (χ4n) is 1.25. The Morgan fingerprint density at radius 2 is 2.20 bits per heavy atom. The molecular weight excluding hydrogens is 208 g/mol. The second kappa shape index (κ2) is 4.27. The van der Waals surface area contributed by atoms with E-state index < -0.39 is 0 Å². The third kappa shape index (κ3) is 2.44. The highest BCUT2D eigenvalue weighted by Gasteiger charge is 2.06. The number of anilines is 2. The van der Waals surface area contributed by atoms with E-state index in [0.717, 1.165) is 5.82 Å². The van der Waals surface area contributed by atoms with E-state index in [2.05, 4.69) is 33.9 Å². The molecule has 0 saturated carbocycles. The van der Waals surface area contributed by atoms with Gasteiger partial charge in [-0.25, -0.2) is 0 Å². The first-order valence-corrected chi connectivity index (χ1v) is 5.53. The van der Waals surface area contributed by atoms with E-state index in [0.29, 0.717) is 5.82 Å². The van der Waals surface area contributed by atoms with Crippen LogP contribution in [0.4, 0.5) is 11.6 Å². The molecule has 0 fully saturated rings. The average Bonchev–Trinajstić information content (AvgIpc) is 2.74. The van der Waals surface area contributed by atoms with Crippen molar-refractivity contribution in [2.24, 2.45) is 0 Å². The molecule has 15 heavy (non-hydrogen) atoms. The van der Waals surface area contributed by atoms with Gasteiger partial charge >= 0.3 is 0 Å². The Hall–Kier alpha value is -1.62. The molecule has 5 heteroatoms. The van der Waals surface area contributed by atoms with Gasteiger partial charge < -0.3 is 11.1 Å². The molecule has 2 heterocycles. The van der Waals surface area contributed by atoms with Crippen molar-refractivity contribution in [2.45, 2.75) is 13.0 Å². The normalized spacial score (nSPS) is 12.3. The molecule has 0 aliphatic carbocycles. The summed E-state index contributed by atoms with van der Waals surface area (Å²) in [6.45, 7) is 2.09. The summed E-state index contributed by atoms with van der Waals surface area (Å²) in [5, 5.41) is 13.0. The minimum absolute atomic E-state index is 0.239. The first-order valence-electron chi connectivity index (χ1n) is 4.65. The highest BCUT2D eigenvalue weighted by atomic mass is 32.1. The van der Waals surface area contributed by atoms with Crippen molar-refractivity contribution in [2.75, 3.05) is 11.1 Å². The summed E-state index contributed by atoms with van der Waals surface area (Å²) in [4.78, 5) is 1.27. The maximum absolute atomic E-state index is 5.45. The largest absolute Gasteiger partial charge is 0.382 e. The standard InChI is InChI=1S/C10H12N4S/c1-7(8-3-2-6-15-8)12-10-5-4-9(11)13-14-10/h2-7H,1H3,(H2,11,13)(H,12,14). The molecule has 4 nitrogen and oxygen atoms in total. The van der Waals surface area contributed by atoms with Crippen LogP contribution in [0.2, 0.25) is 0 Å². The van der Waals surface area contributed by atoms with E-state index in [1.807, 2.05) is 12.1 Å². The van der Waals surface area contributed by atoms with Gasteiger partial charge in [0.2, 0.25) is 0 Å². The zero-order valence-corrected chi connectivity index (χ0v) is 9.16. The lowest BCUT2D eigenvalue weighted by atomic mass is 10.3. The number of nitrogen functional groups attached to an aromatic ring is 1. The molecule has 0 radical (unpaired) electrons. The van der Waals surface area contributed by atoms with Crippen molar-refractivity contribution in [1.29, 1.82) is 0 Å². The van der Waals surface area contributed by atoms with Crippen LogP contribution in [0.25, 0.3) is 0 Å². The third-order valence-electron chi connectivity index (χ3n) is 2.02. The van der Waals surface area contributed by atoms with Crippen LogP contribution in [-0.2, 0) is 0 Å². The predicted molar refractivity (Wildman–Crippen MR) is 62.8 cm³/mol. The first kappa shape index (κ1) is 9.92. The van der Waals surface area contributed by atoms with Gasteiger partial charge in [0.1, 0.15) is 11.6 Å². The number of hydrogen-bond donors (Lipinski definition) is 2. The molecule has 78 valence electrons. The molecule has 1 unspecified atom stereocenters. The van der Waals surface area contributed by atoms with E-state index >= 15 is 0 Å². The van der Waals surface area contributed by atoms with Gasteiger partial charge in [0.25, 0.3) is 0 Å². The summed E-state index contributed by atoms with van der Waals surface area (Å²) in [7, 11) is 0. The molecule has 2 rings (SSSR count). The number of hydrogen-bond acceptors (Lipinski definition) is 5. The zero-order valence-electron chi connectivity index (χ0n) is 8.34. The Labute approximate surface area is 92.2 Å². The summed E-state index contributed by atoms with van der Waals surface area (Å²) in [6, 6.07) is 7.92. The van der Waals surface area contributed by atoms with Gasteiger partial charge in [0.15, 0.2) is 0 Å². The quantitative estimate of drug-likeness (QED) is 0.833. The van der Waals surface area contributed by atoms with Crippen LogP contribution in [-0.4, -0.2) is 10.2 Å². The van der Waals surface area contributed by atoms with Crippen LogP contribution in [0.3, 0.4) is 0 Å². The van der Waals surface area contributed by atoms with Crippen LogP contribution >= 0.6 is 11.3 Å². The number of nitrogens with zero attached hydrogens (tertiary/aromatic N) is 2. The molecule has 0 bridgehead atoms. The lowest BCUT2D eigenvalue weighted by molar-refractivity contribution is 0.880. The first-order chi connectivity index (χ1) is 7.25. The fourth-order valence-corrected chi connectivity index (χ4v) is 1.98. The highest BCUT2D eigenvalue weighted by Crippen LogP contribution is 2.21. The average molecular weight is 220 g/mol. The Kier molecular flexibility index (Phi) is 2.82. The molecule has 0 amide bonds. The predicted octanol–water partition coefficient (Wildman–Crippen LogP) is 2.29. The van der Waals surface area contributed by atoms with Gasteiger partial charge in [-0.05, 0) is 30.5 Å². The summed E-state index contributed by atoms with van der Waals surface area (Å²) in [5.41, 5.74) is 5.45. The molecule has 0 aliphatic heterocycles. The van der Waals surface area contributed by atoms with Crippen molar-refractivity contribution in [3.63, 3.8) is 0 Å². The van der Waals surface area contributed by atoms with E-state index in [4.69, 9.17) is 5.73 Å². The fraction of sp³-hybridized carbons (Fsp3) is 0.200. The number of nitrogens with one attached hydrogen (secondary N) is 1. The van der Waals surface area contributed by atoms with Gasteiger partial charge in [-0.15, -0.1) is 21.5 Å². The smallest absolute Gasteiger partial charge is 0.149 e. The van der Waals surface area contributed by atoms with Crippen molar-refractivity contribution in [1.82, 2.24) is 10.2 Å². The number of thiophene rings is 1. The van der Waals surface area contributed by atoms with Gasteiger partial charge in [0.05, 0.1) is 6.04 Å². The minimum atomic E-state index is 0.239. The van der Waals surface area contributed by atoms with E-state index in [1.165, 1.54) is 4.88 Å². The molecule has 0 saturated heterocycles. The number of aromatic nitrogens is 2. The molecule has 1 atom stereocenters. The van der Waals surface area contributed by atoms with Crippen LogP contribution in [0.5, 0.6) is 0 Å². The second-order valence-electron chi connectivity index (χ2n) is 3.22. The maximum Gasteiger partial charge on any atom is 0.149 e. The van der Waals surface area contributed by atoms with Gasteiger partial charge in [-0.3, -0.25) is 0 Å². The van der Waals surface area contributed by atoms with E-state index in [1.54, 1.807) is 17.4 Å². The maximum atomic E-state index is 5.45. The van der Waals surface area contributed by atoms with Gasteiger partial charge in [-0.2, -0.15) is 0 Å². The molecule has 0 spiro atoms. The van der Waals surface area contributed by atoms with Crippen molar-refractivity contribution >= 4 is 23.0 Å². The van der Waals surface area contributed by atoms with Crippen molar-refractivity contribution in [3.8, 4) is 0 Å². The Morgan fingerprint density at radius 1 is 1.33 bits per heavy atom. The summed E-state index contributed by atoms with van der Waals surface area (Å²) < 4.78 is 0. The zero-order chi connectivity index (χ0) is 10.7. The second-order valence-corrected chi connectivity index (χ2v) is 4.20. The summed E-state index contributed by atoms with van der Waals surface area (Å²) >= 11 is 1.72. The van der Waals surface area contributed by atoms with Crippen molar-refractivity contribution in [3.05, 3.63) is 34.5 Å². The number of nitrogens with two attached hydrogens (primary N) is 1. The van der Waals surface area contributed by atoms with Crippen LogP contribution in [0, 0.1) is 0 Å². The Bertz CT molecular complexity index is 409. The lowest BCUT2D eigenvalue weighted by Gasteiger charge is -2.11. The molecule has 0 aliphatic rings. The third-order valence-corrected chi connectivity index (χ3v) is 3.07. The molecule has 0 aromatic carbocycles. The minimum Gasteiger partial charge on any atom is -0.382 e. The summed E-state index contributed by atoms with van der Waals surface area (Å²) in [6.07, 6.45) is 0. The Morgan fingerprint density at radius 3 is 2.80 bits per heavy atom. The van der Waals surface area contributed by atoms with Gasteiger partial charge in [0, 0.05) is 4.88 Å². The molecule has 2 aromatic heterocycles. The van der Waals surface area contributed by atoms with Gasteiger partial charge in [-0.1, -0.05) is 6.07 Å². The lowest BCUT2D eigenvalue weighted by Crippen LogP contribution is -2.07. The summed E-state index contributed by atoms with van der Waals surface area (Å²) in [5.74, 6) is 1.18. The number of rotatable bonds is 3. The molecular formula is C10H12N4S. The van der Waals surface area contributed by atoms with Crippen LogP contribution in [0.15, 0.2) is 29.6 Å². The van der Waals surface area contributed by atoms with Crippen molar-refractivity contribution < 1.29 is 0 Å². The van der Waals surface area contributed by atoms with E-state index in [9.17, 15) is 0 Å². The highest BCUT2D eigenvalue weighted by molar-refractivity contribution is 7.10. The molecule has 2 aromatic rings. The SMILES string of the molecule is CC(Nc1ccc(N)nn1)c1cccs1. The topological polar surface area (TPSA) is 63.8 Å². The van der Waals surface area contributed by atoms with E-state index in [-0.39, 0.29) is 6.04 Å². The van der Waals surface area contributed by atoms with Crippen LogP contribution in [0.1, 0.15) is 17.8 Å². The van der Waals surface area contributed by atoms with Crippen LogP contribution < -0.4 is 11.1 Å². The monoisotopic (exact) mass is 220 g/mol.